The maximum Gasteiger partial charge on any atom is 0.120 e. The molecular weight excluding hydrogens is 268 g/mol. The molecule has 0 aliphatic heterocycles. The summed E-state index contributed by atoms with van der Waals surface area (Å²) in [5.74, 6) is 1.56. The Labute approximate surface area is 123 Å². The molecule has 102 valence electrons. The standard InChI is InChI=1S/C16H16N2OS/c1-12-8-13(2)18-16(9-12)20-7-6-19-15-5-3-4-14(10-15)11-17/h3-5,8-10H,6-7H2,1-2H3. The van der Waals surface area contributed by atoms with E-state index in [4.69, 9.17) is 10.00 Å². The third-order valence-electron chi connectivity index (χ3n) is 2.64. The maximum absolute atomic E-state index is 8.82. The first-order valence-electron chi connectivity index (χ1n) is 6.38. The first-order chi connectivity index (χ1) is 9.67. The van der Waals surface area contributed by atoms with Crippen LogP contribution < -0.4 is 4.74 Å². The van der Waals surface area contributed by atoms with E-state index in [9.17, 15) is 0 Å². The van der Waals surface area contributed by atoms with Gasteiger partial charge >= 0.3 is 0 Å². The van der Waals surface area contributed by atoms with Gasteiger partial charge in [0.25, 0.3) is 0 Å². The highest BCUT2D eigenvalue weighted by Gasteiger charge is 2.00. The average molecular weight is 284 g/mol. The Balaban J connectivity index is 1.83. The van der Waals surface area contributed by atoms with Gasteiger partial charge < -0.3 is 4.74 Å². The molecule has 2 rings (SSSR count). The van der Waals surface area contributed by atoms with Crippen LogP contribution in [0.1, 0.15) is 16.8 Å². The molecule has 0 N–H and O–H groups in total. The van der Waals surface area contributed by atoms with E-state index >= 15 is 0 Å². The molecule has 0 aliphatic rings. The van der Waals surface area contributed by atoms with Gasteiger partial charge in [-0.2, -0.15) is 5.26 Å². The second-order valence-electron chi connectivity index (χ2n) is 4.46. The fraction of sp³-hybridized carbons (Fsp3) is 0.250. The van der Waals surface area contributed by atoms with E-state index < -0.39 is 0 Å². The fourth-order valence-corrected chi connectivity index (χ4v) is 2.69. The molecule has 0 saturated carbocycles. The van der Waals surface area contributed by atoms with Crippen molar-refractivity contribution in [3.63, 3.8) is 0 Å². The second kappa shape index (κ2) is 6.97. The monoisotopic (exact) mass is 284 g/mol. The van der Waals surface area contributed by atoms with Crippen molar-refractivity contribution < 1.29 is 4.74 Å². The van der Waals surface area contributed by atoms with Crippen LogP contribution in [0.5, 0.6) is 5.75 Å². The summed E-state index contributed by atoms with van der Waals surface area (Å²) in [4.78, 5) is 4.47. The molecule has 0 radical (unpaired) electrons. The smallest absolute Gasteiger partial charge is 0.120 e. The number of rotatable bonds is 5. The number of ether oxygens (including phenoxy) is 1. The summed E-state index contributed by atoms with van der Waals surface area (Å²) in [6.07, 6.45) is 0. The molecule has 0 aliphatic carbocycles. The van der Waals surface area contributed by atoms with E-state index in [1.54, 1.807) is 23.9 Å². The van der Waals surface area contributed by atoms with Gasteiger partial charge in [0.15, 0.2) is 0 Å². The highest BCUT2D eigenvalue weighted by Crippen LogP contribution is 2.18. The number of nitriles is 1. The first-order valence-corrected chi connectivity index (χ1v) is 7.37. The molecule has 0 saturated heterocycles. The van der Waals surface area contributed by atoms with Crippen molar-refractivity contribution in [1.29, 1.82) is 5.26 Å². The lowest BCUT2D eigenvalue weighted by Gasteiger charge is -2.07. The Morgan fingerprint density at radius 1 is 1.25 bits per heavy atom. The summed E-state index contributed by atoms with van der Waals surface area (Å²) in [7, 11) is 0. The summed E-state index contributed by atoms with van der Waals surface area (Å²) in [5.41, 5.74) is 2.88. The molecule has 0 spiro atoms. The second-order valence-corrected chi connectivity index (χ2v) is 5.58. The van der Waals surface area contributed by atoms with Crippen LogP contribution in [-0.2, 0) is 0 Å². The summed E-state index contributed by atoms with van der Waals surface area (Å²) in [5, 5.41) is 9.84. The summed E-state index contributed by atoms with van der Waals surface area (Å²) < 4.78 is 5.63. The van der Waals surface area contributed by atoms with Gasteiger partial charge in [0, 0.05) is 11.4 Å². The molecule has 4 heteroatoms. The molecule has 1 aromatic heterocycles. The highest BCUT2D eigenvalue weighted by molar-refractivity contribution is 7.99. The van der Waals surface area contributed by atoms with E-state index in [-0.39, 0.29) is 0 Å². The number of hydrogen-bond donors (Lipinski definition) is 0. The molecule has 20 heavy (non-hydrogen) atoms. The van der Waals surface area contributed by atoms with Crippen molar-refractivity contribution in [2.24, 2.45) is 0 Å². The predicted octanol–water partition coefficient (Wildman–Crippen LogP) is 3.74. The molecule has 0 atom stereocenters. The van der Waals surface area contributed by atoms with Crippen molar-refractivity contribution in [3.8, 4) is 11.8 Å². The van der Waals surface area contributed by atoms with Crippen LogP contribution in [0.25, 0.3) is 0 Å². The molecule has 3 nitrogen and oxygen atoms in total. The highest BCUT2D eigenvalue weighted by atomic mass is 32.2. The lowest BCUT2D eigenvalue weighted by atomic mass is 10.2. The van der Waals surface area contributed by atoms with Crippen molar-refractivity contribution >= 4 is 11.8 Å². The van der Waals surface area contributed by atoms with Crippen LogP contribution in [0, 0.1) is 25.2 Å². The van der Waals surface area contributed by atoms with Gasteiger partial charge in [-0.05, 0) is 49.7 Å². The molecular formula is C16H16N2OS. The number of thioether (sulfide) groups is 1. The van der Waals surface area contributed by atoms with Gasteiger partial charge in [-0.1, -0.05) is 6.07 Å². The Bertz CT molecular complexity index is 614. The molecule has 1 heterocycles. The van der Waals surface area contributed by atoms with E-state index in [0.717, 1.165) is 22.2 Å². The Kier molecular flexibility index (Phi) is 5.03. The fourth-order valence-electron chi connectivity index (χ4n) is 1.84. The number of hydrogen-bond acceptors (Lipinski definition) is 4. The van der Waals surface area contributed by atoms with Gasteiger partial charge in [-0.25, -0.2) is 4.98 Å². The summed E-state index contributed by atoms with van der Waals surface area (Å²) >= 11 is 1.68. The Morgan fingerprint density at radius 3 is 2.85 bits per heavy atom. The lowest BCUT2D eigenvalue weighted by Crippen LogP contribution is -2.00. The van der Waals surface area contributed by atoms with Crippen LogP contribution in [0.15, 0.2) is 41.4 Å². The maximum atomic E-state index is 8.82. The zero-order valence-electron chi connectivity index (χ0n) is 11.6. The Hall–Kier alpha value is -1.99. The number of nitrogens with zero attached hydrogens (tertiary/aromatic N) is 2. The summed E-state index contributed by atoms with van der Waals surface area (Å²) in [6, 6.07) is 13.4. The van der Waals surface area contributed by atoms with E-state index in [2.05, 4.69) is 30.1 Å². The zero-order valence-corrected chi connectivity index (χ0v) is 12.4. The van der Waals surface area contributed by atoms with Gasteiger partial charge in [0.1, 0.15) is 5.75 Å². The van der Waals surface area contributed by atoms with Gasteiger partial charge in [0.05, 0.1) is 23.3 Å². The van der Waals surface area contributed by atoms with Crippen molar-refractivity contribution in [3.05, 3.63) is 53.2 Å². The quantitative estimate of drug-likeness (QED) is 0.620. The van der Waals surface area contributed by atoms with E-state index in [1.807, 2.05) is 19.1 Å². The van der Waals surface area contributed by atoms with Crippen molar-refractivity contribution in [2.45, 2.75) is 18.9 Å². The van der Waals surface area contributed by atoms with Crippen LogP contribution in [-0.4, -0.2) is 17.3 Å². The largest absolute Gasteiger partial charge is 0.493 e. The van der Waals surface area contributed by atoms with Crippen molar-refractivity contribution in [1.82, 2.24) is 4.98 Å². The third kappa shape index (κ3) is 4.29. The molecule has 2 aromatic rings. The van der Waals surface area contributed by atoms with Crippen LogP contribution in [0.4, 0.5) is 0 Å². The molecule has 0 bridgehead atoms. The molecule has 1 aromatic carbocycles. The number of aryl methyl sites for hydroxylation is 2. The van der Waals surface area contributed by atoms with Gasteiger partial charge in [-0.3, -0.25) is 0 Å². The normalized spacial score (nSPS) is 10.1. The predicted molar refractivity (Wildman–Crippen MR) is 81.1 cm³/mol. The Morgan fingerprint density at radius 2 is 2.10 bits per heavy atom. The molecule has 0 fully saturated rings. The first kappa shape index (κ1) is 14.4. The minimum Gasteiger partial charge on any atom is -0.493 e. The van der Waals surface area contributed by atoms with Crippen LogP contribution >= 0.6 is 11.8 Å². The number of pyridine rings is 1. The topological polar surface area (TPSA) is 45.9 Å². The molecule has 0 amide bonds. The van der Waals surface area contributed by atoms with Gasteiger partial charge in [0.2, 0.25) is 0 Å². The van der Waals surface area contributed by atoms with E-state index in [0.29, 0.717) is 12.2 Å². The zero-order chi connectivity index (χ0) is 14.4. The lowest BCUT2D eigenvalue weighted by molar-refractivity contribution is 0.344. The third-order valence-corrected chi connectivity index (χ3v) is 3.52. The number of aromatic nitrogens is 1. The summed E-state index contributed by atoms with van der Waals surface area (Å²) in [6.45, 7) is 4.66. The van der Waals surface area contributed by atoms with Crippen molar-refractivity contribution in [2.75, 3.05) is 12.4 Å². The SMILES string of the molecule is Cc1cc(C)nc(SCCOc2cccc(C#N)c2)c1. The van der Waals surface area contributed by atoms with Crippen LogP contribution in [0.2, 0.25) is 0 Å². The number of benzene rings is 1. The van der Waals surface area contributed by atoms with Gasteiger partial charge in [-0.15, -0.1) is 11.8 Å². The minimum atomic E-state index is 0.591. The van der Waals surface area contributed by atoms with E-state index in [1.165, 1.54) is 5.56 Å². The average Bonchev–Trinajstić information content (AvgIpc) is 2.43. The molecule has 0 unspecified atom stereocenters. The van der Waals surface area contributed by atoms with Crippen LogP contribution in [0.3, 0.4) is 0 Å². The minimum absolute atomic E-state index is 0.591.